The van der Waals surface area contributed by atoms with Gasteiger partial charge >= 0.3 is 7.55 Å². The van der Waals surface area contributed by atoms with Crippen LogP contribution in [0.3, 0.4) is 0 Å². The van der Waals surface area contributed by atoms with Gasteiger partial charge in [0.1, 0.15) is 11.5 Å². The zero-order valence-electron chi connectivity index (χ0n) is 21.0. The number of benzene rings is 1. The van der Waals surface area contributed by atoms with Gasteiger partial charge in [0.25, 0.3) is 5.84 Å². The van der Waals surface area contributed by atoms with E-state index in [1.807, 2.05) is 23.0 Å². The molecule has 1 aromatic carbocycles. The quantitative estimate of drug-likeness (QED) is 0.450. The summed E-state index contributed by atoms with van der Waals surface area (Å²) in [6.45, 7) is 8.06. The van der Waals surface area contributed by atoms with Gasteiger partial charge in [0, 0.05) is 30.0 Å². The number of amidine groups is 1. The minimum Gasteiger partial charge on any atom is -0.329 e. The molecule has 0 saturated carbocycles. The molecule has 3 aliphatic rings. The van der Waals surface area contributed by atoms with Crippen molar-refractivity contribution in [3.8, 4) is 5.82 Å². The molecule has 0 spiro atoms. The third-order valence-electron chi connectivity index (χ3n) is 6.85. The molecule has 3 aliphatic heterocycles. The van der Waals surface area contributed by atoms with E-state index in [4.69, 9.17) is 0 Å². The van der Waals surface area contributed by atoms with Crippen LogP contribution in [-0.2, 0) is 11.2 Å². The maximum absolute atomic E-state index is 11.5. The van der Waals surface area contributed by atoms with Gasteiger partial charge in [-0.25, -0.2) is 4.68 Å². The predicted molar refractivity (Wildman–Crippen MR) is 141 cm³/mol. The molecule has 0 aliphatic carbocycles. The van der Waals surface area contributed by atoms with E-state index in [1.54, 1.807) is 0 Å². The van der Waals surface area contributed by atoms with Crippen molar-refractivity contribution in [3.05, 3.63) is 77.4 Å². The van der Waals surface area contributed by atoms with Crippen molar-refractivity contribution < 1.29 is 9.37 Å². The number of fused-ring (bicyclic) bond motifs is 2. The summed E-state index contributed by atoms with van der Waals surface area (Å²) in [6, 6.07) is 12.3. The number of carbonyl (C=O) groups is 1. The van der Waals surface area contributed by atoms with Crippen LogP contribution in [-0.4, -0.2) is 61.2 Å². The number of amides is 1. The summed E-state index contributed by atoms with van der Waals surface area (Å²) < 4.78 is 6.54. The van der Waals surface area contributed by atoms with Crippen molar-refractivity contribution in [3.63, 3.8) is 0 Å². The van der Waals surface area contributed by atoms with Gasteiger partial charge in [-0.2, -0.15) is 0 Å². The third kappa shape index (κ3) is 3.98. The van der Waals surface area contributed by atoms with Crippen LogP contribution in [0.25, 0.3) is 11.4 Å². The van der Waals surface area contributed by atoms with Crippen molar-refractivity contribution in [1.82, 2.24) is 24.3 Å². The van der Waals surface area contributed by atoms with Crippen molar-refractivity contribution >= 4 is 30.6 Å². The molecule has 6 rings (SSSR count). The Morgan fingerprint density at radius 1 is 1.11 bits per heavy atom. The minimum absolute atomic E-state index is 0.0741. The second kappa shape index (κ2) is 8.97. The molecule has 0 bridgehead atoms. The molecule has 36 heavy (non-hydrogen) atoms. The summed E-state index contributed by atoms with van der Waals surface area (Å²) >= 11 is 0. The number of hydrogen-bond donors (Lipinski definition) is 1. The molecule has 1 fully saturated rings. The van der Waals surface area contributed by atoms with E-state index >= 15 is 0 Å². The van der Waals surface area contributed by atoms with Crippen LogP contribution >= 0.6 is 0 Å². The Balaban J connectivity index is 1.46. The fraction of sp³-hybridized carbons (Fsp3) is 0.333. The second-order valence-corrected chi connectivity index (χ2v) is 10.1. The molecular formula is C27H30BN7O+. The summed E-state index contributed by atoms with van der Waals surface area (Å²) in [5.41, 5.74) is 6.27. The monoisotopic (exact) mass is 479 g/mol. The number of aromatic nitrogens is 4. The molecule has 1 N–H and O–H groups in total. The first-order chi connectivity index (χ1) is 17.5. The number of anilines is 1. The van der Waals surface area contributed by atoms with Crippen LogP contribution in [0.1, 0.15) is 50.6 Å². The highest BCUT2D eigenvalue weighted by Crippen LogP contribution is 2.37. The molecule has 1 amide bonds. The Kier molecular flexibility index (Phi) is 5.62. The van der Waals surface area contributed by atoms with Crippen LogP contribution in [0.2, 0.25) is 0 Å². The van der Waals surface area contributed by atoms with Crippen molar-refractivity contribution in [1.29, 1.82) is 0 Å². The van der Waals surface area contributed by atoms with Crippen LogP contribution in [0.4, 0.5) is 5.69 Å². The SMILES string of the molecule is CC(=O)Nc1ccc(C2=C3C=CC(=[N+]4CCCC4)N3[B]n3c2ccc3-n2cc(CC(C)C)nn2)cc1. The Labute approximate surface area is 211 Å². The van der Waals surface area contributed by atoms with Crippen molar-refractivity contribution in [2.24, 2.45) is 5.92 Å². The molecule has 3 aromatic rings. The summed E-state index contributed by atoms with van der Waals surface area (Å²) in [4.78, 5) is 13.8. The first kappa shape index (κ1) is 22.6. The maximum atomic E-state index is 11.5. The molecule has 181 valence electrons. The first-order valence-electron chi connectivity index (χ1n) is 12.7. The highest BCUT2D eigenvalue weighted by atomic mass is 16.1. The molecule has 2 aromatic heterocycles. The summed E-state index contributed by atoms with van der Waals surface area (Å²) in [5, 5.41) is 11.7. The predicted octanol–water partition coefficient (Wildman–Crippen LogP) is 3.46. The standard InChI is InChI=1S/C27H29BN7O/c1-18(2)16-22-17-33(31-30-22)26-13-11-24-27(20-6-8-21(9-7-20)29-19(3)36)23-10-12-25(32-14-4-5-15-32)34(23)28-35(24)26/h6-13,17-18H,4-5,14-16H2,1-3H3/p+1. The van der Waals surface area contributed by atoms with E-state index in [-0.39, 0.29) is 5.91 Å². The van der Waals surface area contributed by atoms with Crippen molar-refractivity contribution in [2.75, 3.05) is 18.4 Å². The van der Waals surface area contributed by atoms with Gasteiger partial charge in [0.15, 0.2) is 0 Å². The van der Waals surface area contributed by atoms with E-state index in [9.17, 15) is 4.79 Å². The molecule has 0 unspecified atom stereocenters. The van der Waals surface area contributed by atoms with E-state index < -0.39 is 0 Å². The summed E-state index contributed by atoms with van der Waals surface area (Å²) in [7, 11) is 2.17. The minimum atomic E-state index is -0.0741. The third-order valence-corrected chi connectivity index (χ3v) is 6.85. The maximum Gasteiger partial charge on any atom is 0.553 e. The van der Waals surface area contributed by atoms with Crippen LogP contribution < -0.4 is 5.32 Å². The van der Waals surface area contributed by atoms with Gasteiger partial charge in [0.2, 0.25) is 5.91 Å². The van der Waals surface area contributed by atoms with Crippen molar-refractivity contribution in [2.45, 2.75) is 40.0 Å². The number of rotatable bonds is 5. The molecule has 9 heteroatoms. The molecule has 1 radical (unpaired) electrons. The van der Waals surface area contributed by atoms with E-state index in [0.717, 1.165) is 59.2 Å². The van der Waals surface area contributed by atoms with Crippen LogP contribution in [0.5, 0.6) is 0 Å². The fourth-order valence-electron chi connectivity index (χ4n) is 5.30. The number of nitrogens with one attached hydrogen (secondary N) is 1. The van der Waals surface area contributed by atoms with Gasteiger partial charge < -0.3 is 9.79 Å². The lowest BCUT2D eigenvalue weighted by molar-refractivity contribution is -0.508. The van der Waals surface area contributed by atoms with E-state index in [1.165, 1.54) is 25.6 Å². The molecular weight excluding hydrogens is 449 g/mol. The average molecular weight is 479 g/mol. The van der Waals surface area contributed by atoms with E-state index in [2.05, 4.69) is 87.3 Å². The zero-order chi connectivity index (χ0) is 24.8. The van der Waals surface area contributed by atoms with E-state index in [0.29, 0.717) is 5.92 Å². The van der Waals surface area contributed by atoms with Crippen LogP contribution in [0, 0.1) is 5.92 Å². The highest BCUT2D eigenvalue weighted by Gasteiger charge is 2.40. The topological polar surface area (TPSA) is 71.0 Å². The molecule has 8 nitrogen and oxygen atoms in total. The highest BCUT2D eigenvalue weighted by molar-refractivity contribution is 6.40. The van der Waals surface area contributed by atoms with Gasteiger partial charge in [-0.05, 0) is 61.1 Å². The Bertz CT molecular complexity index is 1420. The van der Waals surface area contributed by atoms with Gasteiger partial charge in [-0.1, -0.05) is 31.2 Å². The number of carbonyl (C=O) groups excluding carboxylic acids is 1. The fourth-order valence-corrected chi connectivity index (χ4v) is 5.30. The lowest BCUT2D eigenvalue weighted by Crippen LogP contribution is -2.42. The van der Waals surface area contributed by atoms with Crippen LogP contribution in [0.15, 0.2) is 60.4 Å². The first-order valence-corrected chi connectivity index (χ1v) is 12.7. The summed E-state index contributed by atoms with van der Waals surface area (Å²) in [6.07, 6.45) is 9.82. The Hall–Kier alpha value is -3.88. The largest absolute Gasteiger partial charge is 0.553 e. The average Bonchev–Trinajstić information content (AvgIpc) is 3.63. The number of allylic oxidation sites excluding steroid dienone is 1. The van der Waals surface area contributed by atoms with Gasteiger partial charge in [-0.3, -0.25) is 14.2 Å². The second-order valence-electron chi connectivity index (χ2n) is 10.1. The Morgan fingerprint density at radius 3 is 2.61 bits per heavy atom. The Morgan fingerprint density at radius 2 is 1.89 bits per heavy atom. The smallest absolute Gasteiger partial charge is 0.329 e. The molecule has 0 atom stereocenters. The molecule has 5 heterocycles. The van der Waals surface area contributed by atoms with Gasteiger partial charge in [-0.15, -0.1) is 5.10 Å². The number of nitrogens with zero attached hydrogens (tertiary/aromatic N) is 6. The lowest BCUT2D eigenvalue weighted by Gasteiger charge is -2.26. The molecule has 1 saturated heterocycles. The number of hydrogen-bond acceptors (Lipinski definition) is 3. The normalized spacial score (nSPS) is 16.6. The van der Waals surface area contributed by atoms with Gasteiger partial charge in [0.05, 0.1) is 25.0 Å². The zero-order valence-corrected chi connectivity index (χ0v) is 21.0. The lowest BCUT2D eigenvalue weighted by atomic mass is 9.91. The summed E-state index contributed by atoms with van der Waals surface area (Å²) in [5.74, 6) is 2.61.